The summed E-state index contributed by atoms with van der Waals surface area (Å²) in [5.74, 6) is 1.79. The fourth-order valence-electron chi connectivity index (χ4n) is 5.28. The van der Waals surface area contributed by atoms with Crippen LogP contribution in [0.4, 0.5) is 5.69 Å². The van der Waals surface area contributed by atoms with Gasteiger partial charge in [0.2, 0.25) is 15.8 Å². The molecule has 10 heteroatoms. The Morgan fingerprint density at radius 3 is 2.54 bits per heavy atom. The molecule has 0 aliphatic carbocycles. The Bertz CT molecular complexity index is 1690. The van der Waals surface area contributed by atoms with Gasteiger partial charge in [0.05, 0.1) is 22.5 Å². The number of imidazole rings is 1. The van der Waals surface area contributed by atoms with Gasteiger partial charge < -0.3 is 4.57 Å². The number of nitrogens with one attached hydrogen (secondary N) is 1. The predicted octanol–water partition coefficient (Wildman–Crippen LogP) is 5.20. The molecule has 1 N–H and O–H groups in total. The molecule has 0 spiro atoms. The van der Waals surface area contributed by atoms with Crippen molar-refractivity contribution in [1.82, 2.24) is 30.2 Å². The number of fused-ring (bicyclic) bond motifs is 1. The number of sulfonamides is 1. The molecule has 1 aliphatic rings. The van der Waals surface area contributed by atoms with Crippen molar-refractivity contribution in [2.45, 2.75) is 45.6 Å². The summed E-state index contributed by atoms with van der Waals surface area (Å²) in [6.07, 6.45) is 4.59. The molecule has 9 nitrogen and oxygen atoms in total. The van der Waals surface area contributed by atoms with Gasteiger partial charge in [-0.2, -0.15) is 5.21 Å². The lowest BCUT2D eigenvalue weighted by molar-refractivity contribution is 0.574. The van der Waals surface area contributed by atoms with E-state index in [-0.39, 0.29) is 5.75 Å². The lowest BCUT2D eigenvalue weighted by atomic mass is 9.98. The fourth-order valence-corrected chi connectivity index (χ4v) is 6.91. The van der Waals surface area contributed by atoms with E-state index in [0.29, 0.717) is 18.9 Å². The maximum absolute atomic E-state index is 12.8. The highest BCUT2D eigenvalue weighted by Gasteiger charge is 2.26. The number of tetrazole rings is 1. The van der Waals surface area contributed by atoms with Crippen molar-refractivity contribution in [3.8, 4) is 22.5 Å². The van der Waals surface area contributed by atoms with Gasteiger partial charge in [0.15, 0.2) is 0 Å². The lowest BCUT2D eigenvalue weighted by Crippen LogP contribution is -2.37. The van der Waals surface area contributed by atoms with E-state index >= 15 is 0 Å². The van der Waals surface area contributed by atoms with Crippen LogP contribution in [0.5, 0.6) is 0 Å². The van der Waals surface area contributed by atoms with Crippen molar-refractivity contribution in [2.24, 2.45) is 0 Å². The number of hydrogen-bond acceptors (Lipinski definition) is 6. The van der Waals surface area contributed by atoms with Crippen molar-refractivity contribution >= 4 is 26.7 Å². The molecule has 0 atom stereocenters. The Kier molecular flexibility index (Phi) is 6.86. The van der Waals surface area contributed by atoms with Crippen molar-refractivity contribution in [2.75, 3.05) is 16.6 Å². The average Bonchev–Trinajstić information content (AvgIpc) is 3.61. The number of H-pyrrole nitrogens is 1. The van der Waals surface area contributed by atoms with Crippen LogP contribution in [-0.2, 0) is 23.0 Å². The number of aromatic nitrogens is 6. The monoisotopic (exact) mass is 541 g/mol. The number of hydrogen-bond donors (Lipinski definition) is 1. The minimum absolute atomic E-state index is 0.203. The van der Waals surface area contributed by atoms with Crippen LogP contribution in [-0.4, -0.2) is 50.9 Å². The van der Waals surface area contributed by atoms with Crippen LogP contribution in [0.3, 0.4) is 0 Å². The molecule has 0 saturated carbocycles. The number of nitrogens with zero attached hydrogens (tertiary/aromatic N) is 6. The standard InChI is InChI=1S/C29H31N7O2S/c1-2-3-10-28-30-26-16-15-23(36-17-6-7-18-39(36,37)38)19-27(26)35(28)20-21-11-13-22(14-12-21)24-8-4-5-9-25(24)29-31-33-34-32-29/h4-5,8-9,11-16,19H,2-3,6-7,10,17-18,20H2,1H3,(H,31,32,33,34). The van der Waals surface area contributed by atoms with E-state index in [1.807, 2.05) is 36.4 Å². The third kappa shape index (κ3) is 5.04. The fraction of sp³-hybridized carbons (Fsp3) is 0.310. The van der Waals surface area contributed by atoms with Crippen LogP contribution in [0.1, 0.15) is 44.0 Å². The predicted molar refractivity (Wildman–Crippen MR) is 153 cm³/mol. The van der Waals surface area contributed by atoms with E-state index < -0.39 is 10.0 Å². The van der Waals surface area contributed by atoms with Gasteiger partial charge >= 0.3 is 0 Å². The first-order valence-corrected chi connectivity index (χ1v) is 15.1. The van der Waals surface area contributed by atoms with E-state index in [2.05, 4.69) is 62.4 Å². The van der Waals surface area contributed by atoms with Crippen molar-refractivity contribution in [3.63, 3.8) is 0 Å². The highest BCUT2D eigenvalue weighted by Crippen LogP contribution is 2.31. The Morgan fingerprint density at radius 2 is 1.79 bits per heavy atom. The summed E-state index contributed by atoms with van der Waals surface area (Å²) in [6.45, 7) is 3.35. The molecule has 3 aromatic carbocycles. The van der Waals surface area contributed by atoms with Gasteiger partial charge in [-0.25, -0.2) is 13.4 Å². The second-order valence-electron chi connectivity index (χ2n) is 9.96. The van der Waals surface area contributed by atoms with E-state index in [0.717, 1.165) is 76.9 Å². The van der Waals surface area contributed by atoms with Gasteiger partial charge in [0.1, 0.15) is 5.82 Å². The Morgan fingerprint density at radius 1 is 0.974 bits per heavy atom. The van der Waals surface area contributed by atoms with E-state index in [1.165, 1.54) is 0 Å². The average molecular weight is 542 g/mol. The smallest absolute Gasteiger partial charge is 0.235 e. The summed E-state index contributed by atoms with van der Waals surface area (Å²) >= 11 is 0. The molecule has 5 aromatic rings. The van der Waals surface area contributed by atoms with Gasteiger partial charge in [-0.15, -0.1) is 10.2 Å². The largest absolute Gasteiger partial charge is 0.323 e. The van der Waals surface area contributed by atoms with Crippen molar-refractivity contribution < 1.29 is 8.42 Å². The first kappa shape index (κ1) is 25.2. The first-order chi connectivity index (χ1) is 19.0. The summed E-state index contributed by atoms with van der Waals surface area (Å²) < 4.78 is 29.4. The second-order valence-corrected chi connectivity index (χ2v) is 12.0. The van der Waals surface area contributed by atoms with Crippen molar-refractivity contribution in [3.05, 3.63) is 78.1 Å². The molecule has 0 amide bonds. The number of aromatic amines is 1. The molecular weight excluding hydrogens is 510 g/mol. The van der Waals surface area contributed by atoms with Crippen LogP contribution in [0.25, 0.3) is 33.5 Å². The SMILES string of the molecule is CCCCc1nc2ccc(N3CCCCS3(=O)=O)cc2n1Cc1ccc(-c2ccccc2-c2nn[nH]n2)cc1. The molecule has 0 radical (unpaired) electrons. The lowest BCUT2D eigenvalue weighted by Gasteiger charge is -2.28. The first-order valence-electron chi connectivity index (χ1n) is 13.5. The molecule has 0 unspecified atom stereocenters. The maximum Gasteiger partial charge on any atom is 0.235 e. The molecule has 6 rings (SSSR count). The third-order valence-corrected chi connectivity index (χ3v) is 9.19. The zero-order chi connectivity index (χ0) is 26.8. The Hall–Kier alpha value is -4.05. The molecule has 1 aliphatic heterocycles. The minimum atomic E-state index is -3.29. The summed E-state index contributed by atoms with van der Waals surface area (Å²) in [7, 11) is -3.29. The topological polar surface area (TPSA) is 110 Å². The normalized spacial score (nSPS) is 15.2. The Balaban J connectivity index is 1.35. The van der Waals surface area contributed by atoms with Crippen LogP contribution in [0.15, 0.2) is 66.7 Å². The quantitative estimate of drug-likeness (QED) is 0.289. The van der Waals surface area contributed by atoms with Crippen molar-refractivity contribution in [1.29, 1.82) is 0 Å². The van der Waals surface area contributed by atoms with E-state index in [9.17, 15) is 8.42 Å². The van der Waals surface area contributed by atoms with Gasteiger partial charge in [-0.05, 0) is 59.4 Å². The molecule has 39 heavy (non-hydrogen) atoms. The number of benzene rings is 3. The van der Waals surface area contributed by atoms with Crippen LogP contribution in [0.2, 0.25) is 0 Å². The number of rotatable bonds is 8. The summed E-state index contributed by atoms with van der Waals surface area (Å²) in [5.41, 5.74) is 6.74. The molecular formula is C29H31N7O2S. The van der Waals surface area contributed by atoms with Crippen LogP contribution < -0.4 is 4.31 Å². The summed E-state index contributed by atoms with van der Waals surface area (Å²) in [6, 6.07) is 22.4. The number of anilines is 1. The van der Waals surface area contributed by atoms with Gasteiger partial charge in [-0.1, -0.05) is 61.9 Å². The summed E-state index contributed by atoms with van der Waals surface area (Å²) in [4.78, 5) is 4.95. The molecule has 0 bridgehead atoms. The molecule has 3 heterocycles. The molecule has 200 valence electrons. The zero-order valence-electron chi connectivity index (χ0n) is 21.9. The Labute approximate surface area is 227 Å². The van der Waals surface area contributed by atoms with E-state index in [4.69, 9.17) is 4.98 Å². The maximum atomic E-state index is 12.8. The van der Waals surface area contributed by atoms with Crippen LogP contribution in [0, 0.1) is 0 Å². The molecule has 1 saturated heterocycles. The molecule has 1 fully saturated rings. The number of aryl methyl sites for hydroxylation is 1. The highest BCUT2D eigenvalue weighted by molar-refractivity contribution is 7.92. The van der Waals surface area contributed by atoms with Gasteiger partial charge in [0.25, 0.3) is 0 Å². The zero-order valence-corrected chi connectivity index (χ0v) is 22.7. The van der Waals surface area contributed by atoms with E-state index in [1.54, 1.807) is 4.31 Å². The molecule has 2 aromatic heterocycles. The van der Waals surface area contributed by atoms with Crippen LogP contribution >= 0.6 is 0 Å². The second kappa shape index (κ2) is 10.6. The summed E-state index contributed by atoms with van der Waals surface area (Å²) in [5, 5.41) is 14.5. The minimum Gasteiger partial charge on any atom is -0.323 e. The van der Waals surface area contributed by atoms with Gasteiger partial charge in [0, 0.05) is 25.1 Å². The van der Waals surface area contributed by atoms with Gasteiger partial charge in [-0.3, -0.25) is 4.31 Å². The highest BCUT2D eigenvalue weighted by atomic mass is 32.2. The third-order valence-electron chi connectivity index (χ3n) is 7.32. The number of unbranched alkanes of at least 4 members (excludes halogenated alkanes) is 1.